The van der Waals surface area contributed by atoms with Gasteiger partial charge in [-0.15, -0.1) is 0 Å². The Morgan fingerprint density at radius 3 is 2.95 bits per heavy atom. The molecule has 112 valence electrons. The van der Waals surface area contributed by atoms with Crippen LogP contribution in [0.15, 0.2) is 18.2 Å². The van der Waals surface area contributed by atoms with Crippen LogP contribution in [0.4, 0.5) is 0 Å². The molecule has 1 heterocycles. The molecule has 1 N–H and O–H groups in total. The molecular weight excluding hydrogens is 268 g/mol. The summed E-state index contributed by atoms with van der Waals surface area (Å²) >= 11 is 0. The number of aryl methyl sites for hydroxylation is 2. The molecule has 21 heavy (non-hydrogen) atoms. The first-order chi connectivity index (χ1) is 10.2. The Morgan fingerprint density at radius 2 is 2.05 bits per heavy atom. The van der Waals surface area contributed by atoms with Crippen molar-refractivity contribution in [1.29, 1.82) is 0 Å². The topological polar surface area (TPSA) is 58.6 Å². The molecule has 0 spiro atoms. The van der Waals surface area contributed by atoms with Crippen LogP contribution < -0.4 is 10.1 Å². The maximum absolute atomic E-state index is 12.1. The zero-order valence-electron chi connectivity index (χ0n) is 12.1. The van der Waals surface area contributed by atoms with Gasteiger partial charge in [-0.25, -0.2) is 0 Å². The van der Waals surface area contributed by atoms with Gasteiger partial charge in [0.1, 0.15) is 5.75 Å². The Morgan fingerprint density at radius 1 is 1.19 bits per heavy atom. The molecule has 0 saturated carbocycles. The summed E-state index contributed by atoms with van der Waals surface area (Å²) in [5, 5.41) is 2.76. The number of rotatable bonds is 3. The fourth-order valence-electron chi connectivity index (χ4n) is 2.89. The fourth-order valence-corrected chi connectivity index (χ4v) is 2.89. The molecule has 0 aromatic heterocycles. The van der Waals surface area contributed by atoms with Gasteiger partial charge in [0.25, 0.3) is 5.91 Å². The molecule has 0 atom stereocenters. The molecule has 5 nitrogen and oxygen atoms in total. The average molecular weight is 288 g/mol. The van der Waals surface area contributed by atoms with Crippen molar-refractivity contribution >= 4 is 11.8 Å². The van der Waals surface area contributed by atoms with Gasteiger partial charge in [0, 0.05) is 26.1 Å². The molecule has 1 saturated heterocycles. The highest BCUT2D eigenvalue weighted by Crippen LogP contribution is 2.25. The summed E-state index contributed by atoms with van der Waals surface area (Å²) in [4.78, 5) is 25.1. The van der Waals surface area contributed by atoms with Crippen LogP contribution in [0.2, 0.25) is 0 Å². The van der Waals surface area contributed by atoms with E-state index in [1.54, 1.807) is 4.90 Å². The lowest BCUT2D eigenvalue weighted by molar-refractivity contribution is -0.133. The molecular formula is C16H20N2O3. The van der Waals surface area contributed by atoms with Crippen LogP contribution in [0.1, 0.15) is 24.0 Å². The minimum atomic E-state index is -0.0630. The third kappa shape index (κ3) is 3.35. The zero-order valence-corrected chi connectivity index (χ0v) is 12.1. The molecule has 1 aliphatic carbocycles. The van der Waals surface area contributed by atoms with E-state index >= 15 is 0 Å². The largest absolute Gasteiger partial charge is 0.484 e. The molecule has 2 amide bonds. The smallest absolute Gasteiger partial charge is 0.260 e. The van der Waals surface area contributed by atoms with E-state index in [9.17, 15) is 9.59 Å². The van der Waals surface area contributed by atoms with Crippen LogP contribution in [0.3, 0.4) is 0 Å². The second kappa shape index (κ2) is 6.16. The fraction of sp³-hybridized carbons (Fsp3) is 0.500. The maximum Gasteiger partial charge on any atom is 0.260 e. The molecule has 0 bridgehead atoms. The third-order valence-electron chi connectivity index (χ3n) is 4.10. The molecule has 0 radical (unpaired) electrons. The number of carbonyl (C=O) groups is 2. The van der Waals surface area contributed by atoms with Crippen molar-refractivity contribution in [2.24, 2.45) is 0 Å². The lowest BCUT2D eigenvalue weighted by Crippen LogP contribution is -2.37. The Labute approximate surface area is 124 Å². The van der Waals surface area contributed by atoms with Gasteiger partial charge in [-0.1, -0.05) is 6.07 Å². The van der Waals surface area contributed by atoms with Crippen LogP contribution in [-0.2, 0) is 22.4 Å². The number of hydrogen-bond donors (Lipinski definition) is 1. The Balaban J connectivity index is 1.54. The summed E-state index contributed by atoms with van der Waals surface area (Å²) in [5.41, 5.74) is 2.73. The Hall–Kier alpha value is -2.04. The molecule has 0 unspecified atom stereocenters. The van der Waals surface area contributed by atoms with Crippen LogP contribution in [0, 0.1) is 0 Å². The number of hydrogen-bond acceptors (Lipinski definition) is 3. The van der Waals surface area contributed by atoms with E-state index in [1.165, 1.54) is 17.5 Å². The van der Waals surface area contributed by atoms with E-state index in [0.717, 1.165) is 18.6 Å². The van der Waals surface area contributed by atoms with E-state index in [2.05, 4.69) is 11.4 Å². The molecule has 3 rings (SSSR count). The molecule has 1 aromatic rings. The number of amides is 2. The summed E-state index contributed by atoms with van der Waals surface area (Å²) in [6.07, 6.45) is 3.81. The average Bonchev–Trinajstić information content (AvgIpc) is 2.85. The van der Waals surface area contributed by atoms with E-state index in [0.29, 0.717) is 26.1 Å². The highest BCUT2D eigenvalue weighted by atomic mass is 16.5. The number of benzene rings is 1. The van der Waals surface area contributed by atoms with Crippen LogP contribution >= 0.6 is 0 Å². The van der Waals surface area contributed by atoms with E-state index in [1.807, 2.05) is 12.1 Å². The predicted molar refractivity (Wildman–Crippen MR) is 78.2 cm³/mol. The molecule has 2 aliphatic rings. The standard InChI is InChI=1S/C16H20N2O3/c19-15-6-8-18(9-7-17-15)16(20)11-21-14-5-4-12-2-1-3-13(12)10-14/h4-5,10H,1-3,6-9,11H2,(H,17,19). The summed E-state index contributed by atoms with van der Waals surface area (Å²) in [5.74, 6) is 0.699. The molecule has 1 aliphatic heterocycles. The minimum absolute atomic E-state index is 0.00448. The summed E-state index contributed by atoms with van der Waals surface area (Å²) in [6.45, 7) is 1.58. The molecule has 1 aromatic carbocycles. The zero-order chi connectivity index (χ0) is 14.7. The van der Waals surface area contributed by atoms with Gasteiger partial charge in [0.2, 0.25) is 5.91 Å². The van der Waals surface area contributed by atoms with Crippen molar-refractivity contribution < 1.29 is 14.3 Å². The van der Waals surface area contributed by atoms with Gasteiger partial charge in [0.15, 0.2) is 6.61 Å². The summed E-state index contributed by atoms with van der Waals surface area (Å²) < 4.78 is 5.62. The van der Waals surface area contributed by atoms with Gasteiger partial charge < -0.3 is 15.0 Å². The van der Waals surface area contributed by atoms with Crippen molar-refractivity contribution in [2.45, 2.75) is 25.7 Å². The SMILES string of the molecule is O=C1CCN(C(=O)COc2ccc3c(c2)CCC3)CCN1. The van der Waals surface area contributed by atoms with Gasteiger partial charge in [0.05, 0.1) is 0 Å². The lowest BCUT2D eigenvalue weighted by Gasteiger charge is -2.19. The van der Waals surface area contributed by atoms with Crippen LogP contribution in [0.25, 0.3) is 0 Å². The van der Waals surface area contributed by atoms with Gasteiger partial charge in [-0.05, 0) is 42.5 Å². The monoisotopic (exact) mass is 288 g/mol. The number of carbonyl (C=O) groups excluding carboxylic acids is 2. The number of nitrogens with zero attached hydrogens (tertiary/aromatic N) is 1. The Kier molecular flexibility index (Phi) is 4.08. The quantitative estimate of drug-likeness (QED) is 0.899. The van der Waals surface area contributed by atoms with E-state index in [4.69, 9.17) is 4.74 Å². The van der Waals surface area contributed by atoms with E-state index < -0.39 is 0 Å². The highest BCUT2D eigenvalue weighted by molar-refractivity contribution is 5.81. The first kappa shape index (κ1) is 13.9. The number of ether oxygens (including phenoxy) is 1. The van der Waals surface area contributed by atoms with Crippen LogP contribution in [-0.4, -0.2) is 43.0 Å². The van der Waals surface area contributed by atoms with Crippen molar-refractivity contribution in [3.63, 3.8) is 0 Å². The third-order valence-corrected chi connectivity index (χ3v) is 4.10. The van der Waals surface area contributed by atoms with Gasteiger partial charge in [-0.2, -0.15) is 0 Å². The number of fused-ring (bicyclic) bond motifs is 1. The first-order valence-electron chi connectivity index (χ1n) is 7.51. The maximum atomic E-state index is 12.1. The van der Waals surface area contributed by atoms with Crippen molar-refractivity contribution in [3.8, 4) is 5.75 Å². The number of nitrogens with one attached hydrogen (secondary N) is 1. The van der Waals surface area contributed by atoms with Crippen molar-refractivity contribution in [1.82, 2.24) is 10.2 Å². The summed E-state index contributed by atoms with van der Waals surface area (Å²) in [6, 6.07) is 6.07. The molecule has 1 fully saturated rings. The van der Waals surface area contributed by atoms with Crippen molar-refractivity contribution in [3.05, 3.63) is 29.3 Å². The normalized spacial score (nSPS) is 17.9. The minimum Gasteiger partial charge on any atom is -0.484 e. The first-order valence-corrected chi connectivity index (χ1v) is 7.51. The van der Waals surface area contributed by atoms with Crippen LogP contribution in [0.5, 0.6) is 5.75 Å². The Bertz CT molecular complexity index is 556. The lowest BCUT2D eigenvalue weighted by atomic mass is 10.1. The van der Waals surface area contributed by atoms with E-state index in [-0.39, 0.29) is 18.4 Å². The summed E-state index contributed by atoms with van der Waals surface area (Å²) in [7, 11) is 0. The van der Waals surface area contributed by atoms with Gasteiger partial charge in [-0.3, -0.25) is 9.59 Å². The van der Waals surface area contributed by atoms with Crippen molar-refractivity contribution in [2.75, 3.05) is 26.2 Å². The highest BCUT2D eigenvalue weighted by Gasteiger charge is 2.19. The molecule has 5 heteroatoms. The second-order valence-electron chi connectivity index (χ2n) is 5.55. The van der Waals surface area contributed by atoms with Gasteiger partial charge >= 0.3 is 0 Å². The predicted octanol–water partition coefficient (Wildman–Crippen LogP) is 0.903. The second-order valence-corrected chi connectivity index (χ2v) is 5.55.